The fourth-order valence-electron chi connectivity index (χ4n) is 2.53. The molecule has 20 heavy (non-hydrogen) atoms. The van der Waals surface area contributed by atoms with Crippen molar-refractivity contribution in [2.24, 2.45) is 11.7 Å². The van der Waals surface area contributed by atoms with E-state index in [1.54, 1.807) is 0 Å². The van der Waals surface area contributed by atoms with E-state index in [0.717, 1.165) is 18.7 Å². The number of carbonyl (C=O) groups is 1. The van der Waals surface area contributed by atoms with Crippen LogP contribution in [0.15, 0.2) is 12.5 Å². The Hall–Kier alpha value is -1.40. The number of morpholine rings is 1. The first-order chi connectivity index (χ1) is 9.76. The molecule has 0 bridgehead atoms. The second kappa shape index (κ2) is 7.40. The zero-order chi connectivity index (χ0) is 14.4. The Kier molecular flexibility index (Phi) is 5.55. The van der Waals surface area contributed by atoms with Gasteiger partial charge in [0.05, 0.1) is 25.5 Å². The van der Waals surface area contributed by atoms with Crippen LogP contribution < -0.4 is 5.73 Å². The third kappa shape index (κ3) is 3.58. The molecule has 1 saturated heterocycles. The lowest BCUT2D eigenvalue weighted by atomic mass is 10.0. The Morgan fingerprint density at radius 1 is 1.50 bits per heavy atom. The van der Waals surface area contributed by atoms with E-state index < -0.39 is 0 Å². The summed E-state index contributed by atoms with van der Waals surface area (Å²) in [5.74, 6) is -0.0274. The number of nitrogens with zero attached hydrogens (tertiary/aromatic N) is 3. The van der Waals surface area contributed by atoms with E-state index in [-0.39, 0.29) is 11.8 Å². The zero-order valence-electron chi connectivity index (χ0n) is 12.1. The summed E-state index contributed by atoms with van der Waals surface area (Å²) in [4.78, 5) is 18.5. The van der Waals surface area contributed by atoms with Crippen LogP contribution in [-0.4, -0.2) is 53.2 Å². The van der Waals surface area contributed by atoms with Crippen LogP contribution in [-0.2, 0) is 22.5 Å². The molecule has 0 aliphatic carbocycles. The summed E-state index contributed by atoms with van der Waals surface area (Å²) < 4.78 is 7.39. The molecule has 6 heteroatoms. The topological polar surface area (TPSA) is 73.4 Å². The first-order valence-electron chi connectivity index (χ1n) is 7.31. The van der Waals surface area contributed by atoms with Crippen LogP contribution in [0.1, 0.15) is 19.0 Å². The van der Waals surface area contributed by atoms with Gasteiger partial charge in [-0.05, 0) is 6.42 Å². The highest BCUT2D eigenvalue weighted by molar-refractivity contribution is 5.79. The lowest BCUT2D eigenvalue weighted by Gasteiger charge is -2.30. The lowest BCUT2D eigenvalue weighted by Crippen LogP contribution is -2.46. The van der Waals surface area contributed by atoms with Crippen molar-refractivity contribution in [2.45, 2.75) is 26.3 Å². The van der Waals surface area contributed by atoms with Gasteiger partial charge in [-0.1, -0.05) is 6.92 Å². The van der Waals surface area contributed by atoms with Crippen molar-refractivity contribution in [2.75, 3.05) is 32.8 Å². The minimum atomic E-state index is -0.166. The molecular formula is C14H24N4O2. The molecule has 1 aliphatic rings. The number of aromatic nitrogens is 2. The number of aryl methyl sites for hydroxylation is 1. The molecule has 2 N–H and O–H groups in total. The van der Waals surface area contributed by atoms with Crippen molar-refractivity contribution in [3.8, 4) is 0 Å². The summed E-state index contributed by atoms with van der Waals surface area (Å²) >= 11 is 0. The molecule has 2 rings (SSSR count). The van der Waals surface area contributed by atoms with E-state index in [2.05, 4.69) is 16.5 Å². The summed E-state index contributed by atoms with van der Waals surface area (Å²) in [6.45, 7) is 6.01. The van der Waals surface area contributed by atoms with Gasteiger partial charge in [0.15, 0.2) is 0 Å². The maximum atomic E-state index is 12.5. The van der Waals surface area contributed by atoms with Gasteiger partial charge in [-0.3, -0.25) is 4.79 Å². The second-order valence-corrected chi connectivity index (χ2v) is 5.15. The van der Waals surface area contributed by atoms with Gasteiger partial charge in [0, 0.05) is 44.5 Å². The van der Waals surface area contributed by atoms with Crippen LogP contribution >= 0.6 is 0 Å². The molecule has 1 fully saturated rings. The van der Waals surface area contributed by atoms with Crippen molar-refractivity contribution in [3.63, 3.8) is 0 Å². The smallest absolute Gasteiger partial charge is 0.227 e. The second-order valence-electron chi connectivity index (χ2n) is 5.15. The Balaban J connectivity index is 2.00. The fraction of sp³-hybridized carbons (Fsp3) is 0.714. The highest BCUT2D eigenvalue weighted by atomic mass is 16.5. The predicted octanol–water partition coefficient (Wildman–Crippen LogP) is 0.269. The minimum Gasteiger partial charge on any atom is -0.378 e. The molecule has 0 spiro atoms. The maximum Gasteiger partial charge on any atom is 0.227 e. The molecule has 0 saturated carbocycles. The molecule has 0 radical (unpaired) electrons. The number of hydrogen-bond donors (Lipinski definition) is 1. The highest BCUT2D eigenvalue weighted by Crippen LogP contribution is 2.13. The first kappa shape index (κ1) is 15.0. The number of carbonyl (C=O) groups excluding carboxylic acids is 1. The van der Waals surface area contributed by atoms with Gasteiger partial charge in [-0.2, -0.15) is 0 Å². The van der Waals surface area contributed by atoms with Crippen LogP contribution in [0, 0.1) is 5.92 Å². The van der Waals surface area contributed by atoms with E-state index in [9.17, 15) is 4.79 Å². The molecule has 2 heterocycles. The van der Waals surface area contributed by atoms with Crippen LogP contribution in [0.4, 0.5) is 0 Å². The summed E-state index contributed by atoms with van der Waals surface area (Å²) in [6, 6.07) is 0. The van der Waals surface area contributed by atoms with Gasteiger partial charge in [0.25, 0.3) is 0 Å². The number of hydrogen-bond acceptors (Lipinski definition) is 4. The lowest BCUT2D eigenvalue weighted by molar-refractivity contribution is -0.139. The molecule has 1 aromatic rings. The van der Waals surface area contributed by atoms with Gasteiger partial charge in [-0.15, -0.1) is 0 Å². The van der Waals surface area contributed by atoms with Crippen LogP contribution in [0.5, 0.6) is 0 Å². The Morgan fingerprint density at radius 2 is 2.25 bits per heavy atom. The molecule has 6 nitrogen and oxygen atoms in total. The minimum absolute atomic E-state index is 0.139. The zero-order valence-corrected chi connectivity index (χ0v) is 12.1. The standard InChI is InChI=1S/C14H24N4O2/c1-2-3-18-11-16-10-13(18)8-12(9-15)14(19)17-4-6-20-7-5-17/h10-12H,2-9,15H2,1H3. The quantitative estimate of drug-likeness (QED) is 0.812. The third-order valence-electron chi connectivity index (χ3n) is 3.68. The molecule has 0 aromatic carbocycles. The molecular weight excluding hydrogens is 256 g/mol. The predicted molar refractivity (Wildman–Crippen MR) is 76.2 cm³/mol. The van der Waals surface area contributed by atoms with Crippen molar-refractivity contribution < 1.29 is 9.53 Å². The summed E-state index contributed by atoms with van der Waals surface area (Å²) in [6.07, 6.45) is 5.37. The first-order valence-corrected chi connectivity index (χ1v) is 7.31. The van der Waals surface area contributed by atoms with E-state index in [0.29, 0.717) is 39.3 Å². The van der Waals surface area contributed by atoms with Crippen molar-refractivity contribution in [1.82, 2.24) is 14.5 Å². The number of ether oxygens (including phenoxy) is 1. The summed E-state index contributed by atoms with van der Waals surface area (Å²) in [5.41, 5.74) is 6.90. The normalized spacial score (nSPS) is 17.2. The monoisotopic (exact) mass is 280 g/mol. The van der Waals surface area contributed by atoms with E-state index in [1.165, 1.54) is 0 Å². The van der Waals surface area contributed by atoms with E-state index >= 15 is 0 Å². The number of amides is 1. The Morgan fingerprint density at radius 3 is 2.90 bits per heavy atom. The molecule has 1 unspecified atom stereocenters. The summed E-state index contributed by atoms with van der Waals surface area (Å²) in [5, 5.41) is 0. The highest BCUT2D eigenvalue weighted by Gasteiger charge is 2.25. The fourth-order valence-corrected chi connectivity index (χ4v) is 2.53. The van der Waals surface area contributed by atoms with Crippen molar-refractivity contribution in [1.29, 1.82) is 0 Å². The molecule has 1 aliphatic heterocycles. The molecule has 1 aromatic heterocycles. The number of rotatable bonds is 6. The van der Waals surface area contributed by atoms with Gasteiger partial charge in [-0.25, -0.2) is 4.98 Å². The maximum absolute atomic E-state index is 12.5. The Labute approximate surface area is 119 Å². The van der Waals surface area contributed by atoms with Crippen LogP contribution in [0.25, 0.3) is 0 Å². The van der Waals surface area contributed by atoms with Crippen LogP contribution in [0.3, 0.4) is 0 Å². The molecule has 1 atom stereocenters. The van der Waals surface area contributed by atoms with Crippen molar-refractivity contribution in [3.05, 3.63) is 18.2 Å². The van der Waals surface area contributed by atoms with Gasteiger partial charge < -0.3 is 19.9 Å². The number of imidazole rings is 1. The molecule has 112 valence electrons. The van der Waals surface area contributed by atoms with Gasteiger partial charge in [0.1, 0.15) is 0 Å². The Bertz CT molecular complexity index is 427. The largest absolute Gasteiger partial charge is 0.378 e. The average molecular weight is 280 g/mol. The average Bonchev–Trinajstić information content (AvgIpc) is 2.92. The van der Waals surface area contributed by atoms with E-state index in [1.807, 2.05) is 17.4 Å². The van der Waals surface area contributed by atoms with E-state index in [4.69, 9.17) is 10.5 Å². The van der Waals surface area contributed by atoms with Crippen molar-refractivity contribution >= 4 is 5.91 Å². The summed E-state index contributed by atoms with van der Waals surface area (Å²) in [7, 11) is 0. The van der Waals surface area contributed by atoms with Gasteiger partial charge >= 0.3 is 0 Å². The van der Waals surface area contributed by atoms with Gasteiger partial charge in [0.2, 0.25) is 5.91 Å². The third-order valence-corrected chi connectivity index (χ3v) is 3.68. The SMILES string of the molecule is CCCn1cncc1CC(CN)C(=O)N1CCOCC1. The molecule has 1 amide bonds. The van der Waals surface area contributed by atoms with Crippen LogP contribution in [0.2, 0.25) is 0 Å². The number of nitrogens with two attached hydrogens (primary N) is 1.